The summed E-state index contributed by atoms with van der Waals surface area (Å²) in [7, 11) is 3.64. The predicted molar refractivity (Wildman–Crippen MR) is 56.1 cm³/mol. The molecule has 0 fully saturated rings. The van der Waals surface area contributed by atoms with Gasteiger partial charge in [0.1, 0.15) is 19.4 Å². The van der Waals surface area contributed by atoms with Crippen LogP contribution in [0.25, 0.3) is 0 Å². The molecule has 1 aliphatic rings. The number of aliphatic hydroxyl groups excluding tert-OH is 1. The highest BCUT2D eigenvalue weighted by Gasteiger charge is 2.16. The zero-order valence-electron chi connectivity index (χ0n) is 8.93. The average Bonchev–Trinajstić information content (AvgIpc) is 2.27. The molecule has 0 radical (unpaired) electrons. The lowest BCUT2D eigenvalue weighted by Crippen LogP contribution is -2.20. The molecule has 0 saturated carbocycles. The van der Waals surface area contributed by atoms with Gasteiger partial charge in [-0.05, 0) is 31.8 Å². The molecule has 0 spiro atoms. The van der Waals surface area contributed by atoms with E-state index in [1.165, 1.54) is 0 Å². The summed E-state index contributed by atoms with van der Waals surface area (Å²) in [5.74, 6) is 1.45. The Morgan fingerprint density at radius 2 is 1.87 bits per heavy atom. The summed E-state index contributed by atoms with van der Waals surface area (Å²) in [6.45, 7) is 1.15. The number of hydrogen-bond acceptors (Lipinski definition) is 4. The van der Waals surface area contributed by atoms with E-state index in [2.05, 4.69) is 0 Å². The SMILES string of the molecule is CN(C)C(O)c1ccc2c(c1)OCCO2. The van der Waals surface area contributed by atoms with Crippen molar-refractivity contribution in [3.05, 3.63) is 23.8 Å². The Bertz CT molecular complexity index is 352. The molecule has 0 aliphatic carbocycles. The predicted octanol–water partition coefficient (Wildman–Crippen LogP) is 1.01. The molecule has 0 bridgehead atoms. The molecular formula is C11H15NO3. The van der Waals surface area contributed by atoms with Crippen molar-refractivity contribution in [2.75, 3.05) is 27.3 Å². The van der Waals surface area contributed by atoms with Gasteiger partial charge in [-0.15, -0.1) is 0 Å². The minimum Gasteiger partial charge on any atom is -0.486 e. The molecule has 4 heteroatoms. The number of rotatable bonds is 2. The van der Waals surface area contributed by atoms with Crippen LogP contribution in [0.1, 0.15) is 11.8 Å². The molecule has 1 N–H and O–H groups in total. The lowest BCUT2D eigenvalue weighted by atomic mass is 10.1. The summed E-state index contributed by atoms with van der Waals surface area (Å²) < 4.78 is 10.8. The second-order valence-electron chi connectivity index (χ2n) is 3.74. The Labute approximate surface area is 89.0 Å². The van der Waals surface area contributed by atoms with Gasteiger partial charge in [-0.2, -0.15) is 0 Å². The van der Waals surface area contributed by atoms with Gasteiger partial charge in [0.15, 0.2) is 11.5 Å². The minimum absolute atomic E-state index is 0.564. The van der Waals surface area contributed by atoms with Crippen molar-refractivity contribution in [1.29, 1.82) is 0 Å². The molecule has 0 aromatic heterocycles. The lowest BCUT2D eigenvalue weighted by molar-refractivity contribution is 0.0390. The minimum atomic E-state index is -0.610. The van der Waals surface area contributed by atoms with Crippen LogP contribution in [0.2, 0.25) is 0 Å². The number of fused-ring (bicyclic) bond motifs is 1. The zero-order valence-corrected chi connectivity index (χ0v) is 8.93. The van der Waals surface area contributed by atoms with Crippen LogP contribution >= 0.6 is 0 Å². The first-order chi connectivity index (χ1) is 7.18. The molecule has 1 unspecified atom stereocenters. The second-order valence-corrected chi connectivity index (χ2v) is 3.74. The quantitative estimate of drug-likeness (QED) is 0.738. The highest BCUT2D eigenvalue weighted by Crippen LogP contribution is 2.32. The van der Waals surface area contributed by atoms with Gasteiger partial charge in [0.25, 0.3) is 0 Å². The van der Waals surface area contributed by atoms with Crippen LogP contribution in [0.3, 0.4) is 0 Å². The molecule has 0 saturated heterocycles. The van der Waals surface area contributed by atoms with Crippen LogP contribution in [-0.4, -0.2) is 37.3 Å². The first-order valence-electron chi connectivity index (χ1n) is 4.92. The van der Waals surface area contributed by atoms with E-state index in [4.69, 9.17) is 9.47 Å². The Kier molecular flexibility index (Phi) is 2.79. The van der Waals surface area contributed by atoms with Gasteiger partial charge in [0.05, 0.1) is 0 Å². The molecular weight excluding hydrogens is 194 g/mol. The number of aliphatic hydroxyl groups is 1. The molecule has 4 nitrogen and oxygen atoms in total. The van der Waals surface area contributed by atoms with Crippen molar-refractivity contribution in [2.24, 2.45) is 0 Å². The fraction of sp³-hybridized carbons (Fsp3) is 0.455. The van der Waals surface area contributed by atoms with E-state index < -0.39 is 6.23 Å². The summed E-state index contributed by atoms with van der Waals surface area (Å²) in [5.41, 5.74) is 0.809. The van der Waals surface area contributed by atoms with Gasteiger partial charge in [0, 0.05) is 0 Å². The van der Waals surface area contributed by atoms with Crippen molar-refractivity contribution < 1.29 is 14.6 Å². The van der Waals surface area contributed by atoms with Gasteiger partial charge in [-0.1, -0.05) is 6.07 Å². The number of benzene rings is 1. The van der Waals surface area contributed by atoms with Crippen LogP contribution in [-0.2, 0) is 0 Å². The van der Waals surface area contributed by atoms with E-state index in [1.807, 2.05) is 32.3 Å². The maximum Gasteiger partial charge on any atom is 0.161 e. The van der Waals surface area contributed by atoms with Crippen molar-refractivity contribution in [3.63, 3.8) is 0 Å². The van der Waals surface area contributed by atoms with Gasteiger partial charge in [-0.3, -0.25) is 4.90 Å². The van der Waals surface area contributed by atoms with E-state index in [0.717, 1.165) is 11.3 Å². The van der Waals surface area contributed by atoms with E-state index in [9.17, 15) is 5.11 Å². The molecule has 1 aliphatic heterocycles. The molecule has 1 aromatic rings. The fourth-order valence-corrected chi connectivity index (χ4v) is 1.52. The van der Waals surface area contributed by atoms with Crippen LogP contribution in [0, 0.1) is 0 Å². The fourth-order valence-electron chi connectivity index (χ4n) is 1.52. The Balaban J connectivity index is 2.27. The zero-order chi connectivity index (χ0) is 10.8. The Morgan fingerprint density at radius 3 is 2.53 bits per heavy atom. The average molecular weight is 209 g/mol. The summed E-state index contributed by atoms with van der Waals surface area (Å²) in [6.07, 6.45) is -0.610. The molecule has 15 heavy (non-hydrogen) atoms. The van der Waals surface area contributed by atoms with Crippen LogP contribution in [0.4, 0.5) is 0 Å². The number of nitrogens with zero attached hydrogens (tertiary/aromatic N) is 1. The monoisotopic (exact) mass is 209 g/mol. The number of hydrogen-bond donors (Lipinski definition) is 1. The molecule has 1 atom stereocenters. The van der Waals surface area contributed by atoms with E-state index >= 15 is 0 Å². The molecule has 0 amide bonds. The van der Waals surface area contributed by atoms with Crippen LogP contribution in [0.5, 0.6) is 11.5 Å². The maximum absolute atomic E-state index is 9.83. The lowest BCUT2D eigenvalue weighted by Gasteiger charge is -2.22. The maximum atomic E-state index is 9.83. The van der Waals surface area contributed by atoms with Gasteiger partial charge in [-0.25, -0.2) is 0 Å². The first-order valence-corrected chi connectivity index (χ1v) is 4.92. The highest BCUT2D eigenvalue weighted by atomic mass is 16.6. The van der Waals surface area contributed by atoms with Crippen molar-refractivity contribution in [1.82, 2.24) is 4.90 Å². The number of ether oxygens (including phenoxy) is 2. The van der Waals surface area contributed by atoms with Crippen molar-refractivity contribution >= 4 is 0 Å². The third-order valence-corrected chi connectivity index (χ3v) is 2.35. The van der Waals surface area contributed by atoms with E-state index in [-0.39, 0.29) is 0 Å². The Morgan fingerprint density at radius 1 is 1.20 bits per heavy atom. The summed E-state index contributed by atoms with van der Waals surface area (Å²) >= 11 is 0. The van der Waals surface area contributed by atoms with Crippen molar-refractivity contribution in [2.45, 2.75) is 6.23 Å². The standard InChI is InChI=1S/C11H15NO3/c1-12(2)11(13)8-3-4-9-10(7-8)15-6-5-14-9/h3-4,7,11,13H,5-6H2,1-2H3. The van der Waals surface area contributed by atoms with Crippen LogP contribution < -0.4 is 9.47 Å². The third-order valence-electron chi connectivity index (χ3n) is 2.35. The summed E-state index contributed by atoms with van der Waals surface area (Å²) in [4.78, 5) is 1.73. The van der Waals surface area contributed by atoms with Gasteiger partial charge in [0.2, 0.25) is 0 Å². The Hall–Kier alpha value is -1.26. The molecule has 1 heterocycles. The summed E-state index contributed by atoms with van der Waals surface area (Å²) in [5, 5.41) is 9.83. The largest absolute Gasteiger partial charge is 0.486 e. The second kappa shape index (κ2) is 4.08. The third kappa shape index (κ3) is 2.06. The van der Waals surface area contributed by atoms with Crippen LogP contribution in [0.15, 0.2) is 18.2 Å². The van der Waals surface area contributed by atoms with Gasteiger partial charge < -0.3 is 14.6 Å². The van der Waals surface area contributed by atoms with Crippen molar-refractivity contribution in [3.8, 4) is 11.5 Å². The summed E-state index contributed by atoms with van der Waals surface area (Å²) in [6, 6.07) is 5.49. The van der Waals surface area contributed by atoms with E-state index in [0.29, 0.717) is 19.0 Å². The topological polar surface area (TPSA) is 41.9 Å². The normalized spacial score (nSPS) is 16.5. The molecule has 1 aromatic carbocycles. The van der Waals surface area contributed by atoms with E-state index in [1.54, 1.807) is 4.90 Å². The van der Waals surface area contributed by atoms with Gasteiger partial charge >= 0.3 is 0 Å². The first kappa shape index (κ1) is 10.3. The molecule has 2 rings (SSSR count). The molecule has 82 valence electrons. The smallest absolute Gasteiger partial charge is 0.161 e. The highest BCUT2D eigenvalue weighted by molar-refractivity contribution is 5.44.